The molecule has 1 nitrogen and oxygen atoms in total. The molecule has 1 aromatic carbocycles. The minimum Gasteiger partial charge on any atom is -0.327 e. The zero-order chi connectivity index (χ0) is 13.8. The molecule has 19 heavy (non-hydrogen) atoms. The van der Waals surface area contributed by atoms with Gasteiger partial charge in [0.1, 0.15) is 11.6 Å². The van der Waals surface area contributed by atoms with Crippen molar-refractivity contribution in [2.24, 2.45) is 5.73 Å². The lowest BCUT2D eigenvalue weighted by Crippen LogP contribution is -2.21. The van der Waals surface area contributed by atoms with Crippen molar-refractivity contribution >= 4 is 11.8 Å². The van der Waals surface area contributed by atoms with Crippen molar-refractivity contribution in [2.75, 3.05) is 0 Å². The van der Waals surface area contributed by atoms with Crippen molar-refractivity contribution in [1.82, 2.24) is 0 Å². The molecule has 0 saturated heterocycles. The van der Waals surface area contributed by atoms with Gasteiger partial charge in [0.05, 0.1) is 4.90 Å². The van der Waals surface area contributed by atoms with Gasteiger partial charge < -0.3 is 5.73 Å². The van der Waals surface area contributed by atoms with E-state index in [2.05, 4.69) is 0 Å². The Balaban J connectivity index is 2.12. The molecule has 1 saturated carbocycles. The summed E-state index contributed by atoms with van der Waals surface area (Å²) in [6.45, 7) is 1.97. The summed E-state index contributed by atoms with van der Waals surface area (Å²) in [6.07, 6.45) is 5.80. The molecule has 4 heteroatoms. The van der Waals surface area contributed by atoms with Crippen molar-refractivity contribution in [1.29, 1.82) is 0 Å². The smallest absolute Gasteiger partial charge is 0.140 e. The monoisotopic (exact) mass is 285 g/mol. The molecule has 0 spiro atoms. The molecule has 0 radical (unpaired) electrons. The minimum absolute atomic E-state index is 0.0351. The van der Waals surface area contributed by atoms with Crippen LogP contribution in [-0.2, 0) is 6.42 Å². The molecule has 1 unspecified atom stereocenters. The molecule has 1 fully saturated rings. The number of benzene rings is 1. The summed E-state index contributed by atoms with van der Waals surface area (Å²) >= 11 is 1.36. The Hall–Kier alpha value is -0.610. The second-order valence-corrected chi connectivity index (χ2v) is 6.60. The Morgan fingerprint density at radius 1 is 1.26 bits per heavy atom. The van der Waals surface area contributed by atoms with Gasteiger partial charge in [-0.1, -0.05) is 19.8 Å². The van der Waals surface area contributed by atoms with Crippen LogP contribution in [0.2, 0.25) is 0 Å². The first-order chi connectivity index (χ1) is 9.10. The highest BCUT2D eigenvalue weighted by Gasteiger charge is 2.21. The molecule has 0 aliphatic heterocycles. The van der Waals surface area contributed by atoms with Crippen molar-refractivity contribution in [3.8, 4) is 0 Å². The van der Waals surface area contributed by atoms with Gasteiger partial charge in [-0.2, -0.15) is 0 Å². The summed E-state index contributed by atoms with van der Waals surface area (Å²) in [5, 5.41) is 0.368. The van der Waals surface area contributed by atoms with E-state index >= 15 is 0 Å². The van der Waals surface area contributed by atoms with Gasteiger partial charge in [0.2, 0.25) is 0 Å². The van der Waals surface area contributed by atoms with Crippen molar-refractivity contribution < 1.29 is 8.78 Å². The summed E-state index contributed by atoms with van der Waals surface area (Å²) < 4.78 is 28.0. The van der Waals surface area contributed by atoms with Gasteiger partial charge in [-0.05, 0) is 43.4 Å². The first-order valence-corrected chi connectivity index (χ1v) is 7.88. The minimum atomic E-state index is -0.435. The molecular formula is C15H21F2NS. The number of halogens is 2. The van der Waals surface area contributed by atoms with Gasteiger partial charge in [0.25, 0.3) is 0 Å². The average Bonchev–Trinajstić information content (AvgIpc) is 2.86. The lowest BCUT2D eigenvalue weighted by molar-refractivity contribution is 0.533. The summed E-state index contributed by atoms with van der Waals surface area (Å²) in [6, 6.07) is 2.85. The standard InChI is InChI=1S/C15H21F2NS/c1-2-11(18)7-10-8-13(16)15(14(17)9-10)19-12-5-3-4-6-12/h8-9,11-12H,2-7,18H2,1H3. The molecule has 106 valence electrons. The Labute approximate surface area is 118 Å². The maximum Gasteiger partial charge on any atom is 0.140 e. The van der Waals surface area contributed by atoms with Gasteiger partial charge in [-0.25, -0.2) is 8.78 Å². The van der Waals surface area contributed by atoms with Gasteiger partial charge in [0.15, 0.2) is 0 Å². The second-order valence-electron chi connectivity index (χ2n) is 5.29. The van der Waals surface area contributed by atoms with Crippen LogP contribution in [0.5, 0.6) is 0 Å². The number of hydrogen-bond donors (Lipinski definition) is 1. The lowest BCUT2D eigenvalue weighted by atomic mass is 10.0. The molecule has 0 amide bonds. The van der Waals surface area contributed by atoms with E-state index in [0.29, 0.717) is 17.2 Å². The molecular weight excluding hydrogens is 264 g/mol. The van der Waals surface area contributed by atoms with Crippen LogP contribution in [0.1, 0.15) is 44.6 Å². The molecule has 1 aliphatic rings. The number of nitrogens with two attached hydrogens (primary N) is 1. The van der Waals surface area contributed by atoms with Crippen LogP contribution in [0, 0.1) is 11.6 Å². The van der Waals surface area contributed by atoms with Crippen LogP contribution in [0.4, 0.5) is 8.78 Å². The van der Waals surface area contributed by atoms with Crippen LogP contribution >= 0.6 is 11.8 Å². The zero-order valence-corrected chi connectivity index (χ0v) is 12.1. The molecule has 0 aromatic heterocycles. The van der Waals surface area contributed by atoms with Crippen LogP contribution in [0.25, 0.3) is 0 Å². The normalized spacial score (nSPS) is 17.9. The Bertz CT molecular complexity index is 407. The summed E-state index contributed by atoms with van der Waals surface area (Å²) in [5.74, 6) is -0.870. The number of thioether (sulfide) groups is 1. The SMILES string of the molecule is CCC(N)Cc1cc(F)c(SC2CCCC2)c(F)c1. The Morgan fingerprint density at radius 3 is 2.37 bits per heavy atom. The quantitative estimate of drug-likeness (QED) is 0.874. The third kappa shape index (κ3) is 3.93. The van der Waals surface area contributed by atoms with Gasteiger partial charge in [0, 0.05) is 11.3 Å². The lowest BCUT2D eigenvalue weighted by Gasteiger charge is -2.13. The van der Waals surface area contributed by atoms with Crippen LogP contribution < -0.4 is 5.73 Å². The van der Waals surface area contributed by atoms with Crippen molar-refractivity contribution in [3.05, 3.63) is 29.3 Å². The number of rotatable bonds is 5. The highest BCUT2D eigenvalue weighted by molar-refractivity contribution is 8.00. The largest absolute Gasteiger partial charge is 0.327 e. The Morgan fingerprint density at radius 2 is 1.84 bits per heavy atom. The molecule has 0 bridgehead atoms. The van der Waals surface area contributed by atoms with Gasteiger partial charge in [-0.3, -0.25) is 0 Å². The highest BCUT2D eigenvalue weighted by Crippen LogP contribution is 2.37. The van der Waals surface area contributed by atoms with E-state index in [1.54, 1.807) is 0 Å². The maximum absolute atomic E-state index is 14.0. The molecule has 1 atom stereocenters. The summed E-state index contributed by atoms with van der Waals surface area (Å²) in [4.78, 5) is 0.181. The summed E-state index contributed by atoms with van der Waals surface area (Å²) in [7, 11) is 0. The molecule has 2 N–H and O–H groups in total. The fourth-order valence-electron chi connectivity index (χ4n) is 2.46. The summed E-state index contributed by atoms with van der Waals surface area (Å²) in [5.41, 5.74) is 6.48. The van der Waals surface area contributed by atoms with Crippen molar-refractivity contribution in [3.63, 3.8) is 0 Å². The second kappa shape index (κ2) is 6.71. The van der Waals surface area contributed by atoms with Crippen LogP contribution in [0.15, 0.2) is 17.0 Å². The van der Waals surface area contributed by atoms with Crippen LogP contribution in [-0.4, -0.2) is 11.3 Å². The first-order valence-electron chi connectivity index (χ1n) is 7.00. The molecule has 0 heterocycles. The predicted octanol–water partition coefficient (Wildman–Crippen LogP) is 4.28. The zero-order valence-electron chi connectivity index (χ0n) is 11.3. The fourth-order valence-corrected chi connectivity index (χ4v) is 3.71. The average molecular weight is 285 g/mol. The van der Waals surface area contributed by atoms with Gasteiger partial charge in [-0.15, -0.1) is 11.8 Å². The van der Waals surface area contributed by atoms with Gasteiger partial charge >= 0.3 is 0 Å². The number of hydrogen-bond acceptors (Lipinski definition) is 2. The van der Waals surface area contributed by atoms with E-state index in [4.69, 9.17) is 5.73 Å². The third-order valence-corrected chi connectivity index (χ3v) is 5.10. The van der Waals surface area contributed by atoms with Crippen molar-refractivity contribution in [2.45, 2.75) is 61.6 Å². The van der Waals surface area contributed by atoms with E-state index in [1.807, 2.05) is 6.92 Å². The Kier molecular flexibility index (Phi) is 5.22. The van der Waals surface area contributed by atoms with E-state index in [0.717, 1.165) is 19.3 Å². The van der Waals surface area contributed by atoms with E-state index < -0.39 is 11.6 Å². The fraction of sp³-hybridized carbons (Fsp3) is 0.600. The molecule has 2 rings (SSSR count). The third-order valence-electron chi connectivity index (χ3n) is 3.67. The van der Waals surface area contributed by atoms with E-state index in [1.165, 1.54) is 36.7 Å². The maximum atomic E-state index is 14.0. The van der Waals surface area contributed by atoms with E-state index in [9.17, 15) is 8.78 Å². The topological polar surface area (TPSA) is 26.0 Å². The predicted molar refractivity (Wildman–Crippen MR) is 76.4 cm³/mol. The first kappa shape index (κ1) is 14.8. The molecule has 1 aromatic rings. The van der Waals surface area contributed by atoms with Crippen LogP contribution in [0.3, 0.4) is 0 Å². The molecule has 1 aliphatic carbocycles. The highest BCUT2D eigenvalue weighted by atomic mass is 32.2. The van der Waals surface area contributed by atoms with E-state index in [-0.39, 0.29) is 10.9 Å².